The van der Waals surface area contributed by atoms with Crippen LogP contribution in [0, 0.1) is 6.92 Å². The molecule has 0 aliphatic rings. The maximum atomic E-state index is 12.5. The van der Waals surface area contributed by atoms with E-state index in [0.717, 1.165) is 5.56 Å². The highest BCUT2D eigenvalue weighted by atomic mass is 35.5. The van der Waals surface area contributed by atoms with Crippen LogP contribution in [0.3, 0.4) is 0 Å². The van der Waals surface area contributed by atoms with Crippen molar-refractivity contribution in [1.82, 2.24) is 10.3 Å². The lowest BCUT2D eigenvalue weighted by Crippen LogP contribution is -2.16. The molecular formula is C14H16ClN3O2S. The zero-order valence-corrected chi connectivity index (χ0v) is 13.3. The van der Waals surface area contributed by atoms with Crippen LogP contribution in [-0.4, -0.2) is 20.4 Å². The molecule has 21 heavy (non-hydrogen) atoms. The molecule has 2 aromatic rings. The average molecular weight is 326 g/mol. The Balaban J connectivity index is 2.45. The first-order valence-corrected chi connectivity index (χ1v) is 8.16. The minimum atomic E-state index is -3.71. The number of pyridine rings is 1. The van der Waals surface area contributed by atoms with E-state index in [1.807, 2.05) is 0 Å². The first kappa shape index (κ1) is 15.8. The van der Waals surface area contributed by atoms with Gasteiger partial charge in [-0.05, 0) is 49.4 Å². The zero-order valence-electron chi connectivity index (χ0n) is 11.7. The van der Waals surface area contributed by atoms with Gasteiger partial charge in [-0.15, -0.1) is 0 Å². The highest BCUT2D eigenvalue weighted by Gasteiger charge is 2.19. The summed E-state index contributed by atoms with van der Waals surface area (Å²) in [6, 6.07) is 6.51. The topological polar surface area (TPSA) is 71.1 Å². The van der Waals surface area contributed by atoms with Crippen molar-refractivity contribution in [3.8, 4) is 0 Å². The fourth-order valence-corrected chi connectivity index (χ4v) is 3.66. The molecule has 0 fully saturated rings. The van der Waals surface area contributed by atoms with Gasteiger partial charge in [0.25, 0.3) is 10.0 Å². The maximum absolute atomic E-state index is 12.5. The molecule has 1 aromatic heterocycles. The van der Waals surface area contributed by atoms with Crippen molar-refractivity contribution in [3.05, 3.63) is 52.8 Å². The van der Waals surface area contributed by atoms with Crippen LogP contribution in [0.1, 0.15) is 11.1 Å². The molecule has 0 amide bonds. The molecule has 0 atom stereocenters. The number of benzene rings is 1. The van der Waals surface area contributed by atoms with Gasteiger partial charge in [0, 0.05) is 17.8 Å². The van der Waals surface area contributed by atoms with Gasteiger partial charge in [0.05, 0.1) is 16.8 Å². The smallest absolute Gasteiger partial charge is 0.262 e. The third kappa shape index (κ3) is 3.72. The summed E-state index contributed by atoms with van der Waals surface area (Å²) in [6.45, 7) is 2.31. The second kappa shape index (κ2) is 6.43. The van der Waals surface area contributed by atoms with Gasteiger partial charge in [-0.25, -0.2) is 8.42 Å². The molecule has 0 saturated heterocycles. The Labute approximate surface area is 129 Å². The highest BCUT2D eigenvalue weighted by Crippen LogP contribution is 2.26. The standard InChI is InChI=1S/C14H16ClN3O2S/c1-10-11(8-16-2)6-12(15)7-14(10)21(19,20)18-13-4-3-5-17-9-13/h3-7,9,16,18H,8H2,1-2H3. The van der Waals surface area contributed by atoms with Gasteiger partial charge in [-0.2, -0.15) is 0 Å². The molecule has 2 rings (SSSR count). The molecule has 2 N–H and O–H groups in total. The number of anilines is 1. The number of sulfonamides is 1. The second-order valence-corrected chi connectivity index (χ2v) is 6.65. The van der Waals surface area contributed by atoms with Crippen molar-refractivity contribution in [1.29, 1.82) is 0 Å². The Bertz CT molecular complexity index is 733. The molecule has 0 bridgehead atoms. The van der Waals surface area contributed by atoms with E-state index >= 15 is 0 Å². The number of rotatable bonds is 5. The predicted molar refractivity (Wildman–Crippen MR) is 84.0 cm³/mol. The first-order valence-electron chi connectivity index (χ1n) is 6.30. The van der Waals surface area contributed by atoms with Crippen LogP contribution in [-0.2, 0) is 16.6 Å². The lowest BCUT2D eigenvalue weighted by molar-refractivity contribution is 0.600. The van der Waals surface area contributed by atoms with Gasteiger partial charge in [0.2, 0.25) is 0 Å². The number of halogens is 1. The van der Waals surface area contributed by atoms with Crippen molar-refractivity contribution in [3.63, 3.8) is 0 Å². The summed E-state index contributed by atoms with van der Waals surface area (Å²) in [5.41, 5.74) is 1.92. The summed E-state index contributed by atoms with van der Waals surface area (Å²) < 4.78 is 27.5. The van der Waals surface area contributed by atoms with Crippen LogP contribution in [0.25, 0.3) is 0 Å². The fraction of sp³-hybridized carbons (Fsp3) is 0.214. The summed E-state index contributed by atoms with van der Waals surface area (Å²) in [5, 5.41) is 3.38. The minimum absolute atomic E-state index is 0.170. The van der Waals surface area contributed by atoms with E-state index in [2.05, 4.69) is 15.0 Å². The molecule has 0 unspecified atom stereocenters. The van der Waals surface area contributed by atoms with Gasteiger partial charge in [-0.1, -0.05) is 11.6 Å². The normalized spacial score (nSPS) is 11.4. The van der Waals surface area contributed by atoms with E-state index in [9.17, 15) is 8.42 Å². The molecular weight excluding hydrogens is 310 g/mol. The highest BCUT2D eigenvalue weighted by molar-refractivity contribution is 7.92. The van der Waals surface area contributed by atoms with E-state index in [1.54, 1.807) is 38.4 Å². The molecule has 1 heterocycles. The third-order valence-electron chi connectivity index (χ3n) is 3.00. The monoisotopic (exact) mass is 325 g/mol. The van der Waals surface area contributed by atoms with E-state index < -0.39 is 10.0 Å². The number of aromatic nitrogens is 1. The van der Waals surface area contributed by atoms with Crippen molar-refractivity contribution >= 4 is 27.3 Å². The Morgan fingerprint density at radius 3 is 2.71 bits per heavy atom. The summed E-state index contributed by atoms with van der Waals surface area (Å²) >= 11 is 6.03. The summed E-state index contributed by atoms with van der Waals surface area (Å²) in [7, 11) is -1.92. The van der Waals surface area contributed by atoms with E-state index in [-0.39, 0.29) is 4.90 Å². The van der Waals surface area contributed by atoms with Crippen molar-refractivity contribution in [2.75, 3.05) is 11.8 Å². The Hall–Kier alpha value is -1.63. The molecule has 1 aromatic carbocycles. The van der Waals surface area contributed by atoms with Crippen LogP contribution in [0.5, 0.6) is 0 Å². The van der Waals surface area contributed by atoms with Crippen LogP contribution < -0.4 is 10.0 Å². The fourth-order valence-electron chi connectivity index (χ4n) is 1.99. The minimum Gasteiger partial charge on any atom is -0.316 e. The summed E-state index contributed by atoms with van der Waals surface area (Å²) in [5.74, 6) is 0. The van der Waals surface area contributed by atoms with Gasteiger partial charge < -0.3 is 5.32 Å². The lowest BCUT2D eigenvalue weighted by atomic mass is 10.1. The molecule has 0 spiro atoms. The Morgan fingerprint density at radius 2 is 2.10 bits per heavy atom. The van der Waals surface area contributed by atoms with E-state index in [1.165, 1.54) is 12.3 Å². The molecule has 0 aliphatic heterocycles. The van der Waals surface area contributed by atoms with Gasteiger partial charge in [0.15, 0.2) is 0 Å². The number of hydrogen-bond donors (Lipinski definition) is 2. The third-order valence-corrected chi connectivity index (χ3v) is 4.73. The molecule has 112 valence electrons. The lowest BCUT2D eigenvalue weighted by Gasteiger charge is -2.14. The van der Waals surface area contributed by atoms with Crippen molar-refractivity contribution in [2.24, 2.45) is 0 Å². The molecule has 0 aliphatic carbocycles. The van der Waals surface area contributed by atoms with Crippen molar-refractivity contribution < 1.29 is 8.42 Å². The number of nitrogens with one attached hydrogen (secondary N) is 2. The van der Waals surface area contributed by atoms with Crippen molar-refractivity contribution in [2.45, 2.75) is 18.4 Å². The number of hydrogen-bond acceptors (Lipinski definition) is 4. The van der Waals surface area contributed by atoms with Crippen LogP contribution in [0.2, 0.25) is 5.02 Å². The molecule has 0 radical (unpaired) electrons. The van der Waals surface area contributed by atoms with Crippen LogP contribution in [0.15, 0.2) is 41.6 Å². The predicted octanol–water partition coefficient (Wildman–Crippen LogP) is 2.56. The van der Waals surface area contributed by atoms with E-state index in [0.29, 0.717) is 22.8 Å². The SMILES string of the molecule is CNCc1cc(Cl)cc(S(=O)(=O)Nc2cccnc2)c1C. The zero-order chi connectivity index (χ0) is 15.5. The Morgan fingerprint density at radius 1 is 1.33 bits per heavy atom. The van der Waals surface area contributed by atoms with Gasteiger partial charge >= 0.3 is 0 Å². The maximum Gasteiger partial charge on any atom is 0.262 e. The largest absolute Gasteiger partial charge is 0.316 e. The Kier molecular flexibility index (Phi) is 4.82. The molecule has 7 heteroatoms. The van der Waals surface area contributed by atoms with Gasteiger partial charge in [-0.3, -0.25) is 9.71 Å². The summed E-state index contributed by atoms with van der Waals surface area (Å²) in [6.07, 6.45) is 3.03. The molecule has 5 nitrogen and oxygen atoms in total. The summed E-state index contributed by atoms with van der Waals surface area (Å²) in [4.78, 5) is 4.06. The van der Waals surface area contributed by atoms with E-state index in [4.69, 9.17) is 11.6 Å². The van der Waals surface area contributed by atoms with Crippen LogP contribution in [0.4, 0.5) is 5.69 Å². The quantitative estimate of drug-likeness (QED) is 0.886. The van der Waals surface area contributed by atoms with Crippen LogP contribution >= 0.6 is 11.6 Å². The molecule has 0 saturated carbocycles. The van der Waals surface area contributed by atoms with Gasteiger partial charge in [0.1, 0.15) is 0 Å². The first-order chi connectivity index (χ1) is 9.94. The number of nitrogens with zero attached hydrogens (tertiary/aromatic N) is 1. The average Bonchev–Trinajstić information content (AvgIpc) is 2.43. The second-order valence-electron chi connectivity index (χ2n) is 4.57.